The van der Waals surface area contributed by atoms with Gasteiger partial charge in [0, 0.05) is 36.8 Å². The Morgan fingerprint density at radius 2 is 1.83 bits per heavy atom. The van der Waals surface area contributed by atoms with Crippen molar-refractivity contribution < 1.29 is 14.6 Å². The molecule has 0 spiro atoms. The van der Waals surface area contributed by atoms with Crippen molar-refractivity contribution >= 4 is 11.7 Å². The van der Waals surface area contributed by atoms with E-state index in [2.05, 4.69) is 22.3 Å². The summed E-state index contributed by atoms with van der Waals surface area (Å²) in [6, 6.07) is 18.0. The lowest BCUT2D eigenvalue weighted by molar-refractivity contribution is -0.0585. The fourth-order valence-electron chi connectivity index (χ4n) is 4.68. The Bertz CT molecular complexity index is 812. The van der Waals surface area contributed by atoms with Crippen LogP contribution in [0.25, 0.3) is 0 Å². The molecule has 2 saturated heterocycles. The average molecular weight is 396 g/mol. The quantitative estimate of drug-likeness (QED) is 0.835. The van der Waals surface area contributed by atoms with Gasteiger partial charge in [0.1, 0.15) is 5.75 Å². The normalized spacial score (nSPS) is 24.6. The van der Waals surface area contributed by atoms with Crippen LogP contribution in [0.2, 0.25) is 0 Å². The highest BCUT2D eigenvalue weighted by Gasteiger charge is 2.49. The SMILES string of the molecule is COc1ccc(NC(=O)N2CCCCN3[C@H](CO)C(c4ccccc4)[C@@H]3C2)cc1. The Morgan fingerprint density at radius 3 is 2.52 bits per heavy atom. The van der Waals surface area contributed by atoms with Gasteiger partial charge < -0.3 is 20.1 Å². The van der Waals surface area contributed by atoms with E-state index in [1.807, 2.05) is 47.4 Å². The number of benzene rings is 2. The first-order chi connectivity index (χ1) is 14.2. The highest BCUT2D eigenvalue weighted by atomic mass is 16.5. The predicted octanol–water partition coefficient (Wildman–Crippen LogP) is 3.15. The van der Waals surface area contributed by atoms with Gasteiger partial charge in [0.25, 0.3) is 0 Å². The first kappa shape index (κ1) is 19.7. The molecule has 6 heteroatoms. The predicted molar refractivity (Wildman–Crippen MR) is 113 cm³/mol. The Hall–Kier alpha value is -2.57. The number of fused-ring (bicyclic) bond motifs is 1. The maximum absolute atomic E-state index is 13.0. The molecule has 0 radical (unpaired) electrons. The van der Waals surface area contributed by atoms with Gasteiger partial charge in [0.05, 0.1) is 13.7 Å². The lowest BCUT2D eigenvalue weighted by Crippen LogP contribution is -2.68. The van der Waals surface area contributed by atoms with Crippen LogP contribution in [0, 0.1) is 0 Å². The molecule has 29 heavy (non-hydrogen) atoms. The summed E-state index contributed by atoms with van der Waals surface area (Å²) < 4.78 is 5.18. The van der Waals surface area contributed by atoms with Gasteiger partial charge in [-0.2, -0.15) is 0 Å². The Kier molecular flexibility index (Phi) is 6.02. The molecule has 6 nitrogen and oxygen atoms in total. The molecule has 0 saturated carbocycles. The molecular weight excluding hydrogens is 366 g/mol. The van der Waals surface area contributed by atoms with Gasteiger partial charge in [-0.25, -0.2) is 4.79 Å². The number of anilines is 1. The van der Waals surface area contributed by atoms with Crippen molar-refractivity contribution in [2.24, 2.45) is 0 Å². The van der Waals surface area contributed by atoms with E-state index in [1.54, 1.807) is 7.11 Å². The Morgan fingerprint density at radius 1 is 1.10 bits per heavy atom. The van der Waals surface area contributed by atoms with Crippen LogP contribution in [0.3, 0.4) is 0 Å². The van der Waals surface area contributed by atoms with Crippen LogP contribution in [0.5, 0.6) is 5.75 Å². The van der Waals surface area contributed by atoms with E-state index in [4.69, 9.17) is 4.74 Å². The van der Waals surface area contributed by atoms with Crippen LogP contribution in [0.4, 0.5) is 10.5 Å². The van der Waals surface area contributed by atoms with E-state index in [-0.39, 0.29) is 30.6 Å². The number of aliphatic hydroxyl groups excluding tert-OH is 1. The molecule has 2 aliphatic heterocycles. The molecule has 0 aliphatic carbocycles. The molecule has 0 bridgehead atoms. The zero-order valence-electron chi connectivity index (χ0n) is 16.8. The molecule has 2 amide bonds. The van der Waals surface area contributed by atoms with Crippen molar-refractivity contribution in [1.82, 2.24) is 9.80 Å². The number of urea groups is 1. The summed E-state index contributed by atoms with van der Waals surface area (Å²) in [5, 5.41) is 13.0. The van der Waals surface area contributed by atoms with E-state index in [9.17, 15) is 9.90 Å². The fourth-order valence-corrected chi connectivity index (χ4v) is 4.68. The van der Waals surface area contributed by atoms with Crippen LogP contribution in [0.15, 0.2) is 54.6 Å². The standard InChI is InChI=1S/C23H29N3O3/c1-29-19-11-9-18(10-12-19)24-23(28)25-13-5-6-14-26-20(15-25)22(21(26)16-27)17-7-3-2-4-8-17/h2-4,7-12,20-22,27H,5-6,13-16H2,1H3,(H,24,28)/t20-,21+,22?/m0/s1. The molecular formula is C23H29N3O3. The molecule has 2 aliphatic rings. The van der Waals surface area contributed by atoms with Gasteiger partial charge in [0.2, 0.25) is 0 Å². The molecule has 2 N–H and O–H groups in total. The second-order valence-corrected chi connectivity index (χ2v) is 7.80. The van der Waals surface area contributed by atoms with Crippen LogP contribution in [0.1, 0.15) is 24.3 Å². The van der Waals surface area contributed by atoms with E-state index < -0.39 is 0 Å². The number of carbonyl (C=O) groups excluding carboxylic acids is 1. The summed E-state index contributed by atoms with van der Waals surface area (Å²) in [5.41, 5.74) is 2.00. The van der Waals surface area contributed by atoms with E-state index >= 15 is 0 Å². The number of ether oxygens (including phenoxy) is 1. The zero-order valence-corrected chi connectivity index (χ0v) is 16.8. The largest absolute Gasteiger partial charge is 0.497 e. The highest BCUT2D eigenvalue weighted by molar-refractivity contribution is 5.89. The van der Waals surface area contributed by atoms with Crippen LogP contribution in [-0.2, 0) is 0 Å². The Labute approximate surface area is 172 Å². The van der Waals surface area contributed by atoms with Gasteiger partial charge in [-0.3, -0.25) is 4.90 Å². The van der Waals surface area contributed by atoms with E-state index in [1.165, 1.54) is 5.56 Å². The summed E-state index contributed by atoms with van der Waals surface area (Å²) in [7, 11) is 1.63. The second-order valence-electron chi connectivity index (χ2n) is 7.80. The van der Waals surface area contributed by atoms with E-state index in [0.717, 1.165) is 37.4 Å². The number of nitrogens with zero attached hydrogens (tertiary/aromatic N) is 2. The lowest BCUT2D eigenvalue weighted by atomic mass is 9.74. The van der Waals surface area contributed by atoms with Crippen molar-refractivity contribution in [3.63, 3.8) is 0 Å². The third kappa shape index (κ3) is 4.09. The summed E-state index contributed by atoms with van der Waals surface area (Å²) in [6.45, 7) is 2.54. The van der Waals surface area contributed by atoms with Crippen molar-refractivity contribution in [3.8, 4) is 5.75 Å². The number of hydrogen-bond donors (Lipinski definition) is 2. The van der Waals surface area contributed by atoms with Gasteiger partial charge in [0.15, 0.2) is 0 Å². The van der Waals surface area contributed by atoms with Gasteiger partial charge in [-0.05, 0) is 49.2 Å². The van der Waals surface area contributed by atoms with Crippen molar-refractivity contribution in [2.75, 3.05) is 38.7 Å². The third-order valence-electron chi connectivity index (χ3n) is 6.18. The van der Waals surface area contributed by atoms with Crippen molar-refractivity contribution in [3.05, 3.63) is 60.2 Å². The third-order valence-corrected chi connectivity index (χ3v) is 6.18. The topological polar surface area (TPSA) is 65.0 Å². The number of amides is 2. The zero-order chi connectivity index (χ0) is 20.2. The molecule has 2 fully saturated rings. The number of methoxy groups -OCH3 is 1. The number of carbonyl (C=O) groups is 1. The van der Waals surface area contributed by atoms with Crippen LogP contribution in [-0.4, -0.2) is 66.4 Å². The Balaban J connectivity index is 1.49. The van der Waals surface area contributed by atoms with Gasteiger partial charge in [-0.1, -0.05) is 30.3 Å². The molecule has 4 rings (SSSR count). The number of hydrogen-bond acceptors (Lipinski definition) is 4. The first-order valence-corrected chi connectivity index (χ1v) is 10.3. The van der Waals surface area contributed by atoms with E-state index in [0.29, 0.717) is 6.54 Å². The number of nitrogens with one attached hydrogen (secondary N) is 1. The van der Waals surface area contributed by atoms with Crippen LogP contribution >= 0.6 is 0 Å². The summed E-state index contributed by atoms with van der Waals surface area (Å²) in [6.07, 6.45) is 1.99. The van der Waals surface area contributed by atoms with Gasteiger partial charge >= 0.3 is 6.03 Å². The molecule has 154 valence electrons. The average Bonchev–Trinajstić information content (AvgIpc) is 2.74. The minimum atomic E-state index is -0.0729. The first-order valence-electron chi connectivity index (χ1n) is 10.3. The molecule has 3 atom stereocenters. The highest BCUT2D eigenvalue weighted by Crippen LogP contribution is 2.41. The summed E-state index contributed by atoms with van der Waals surface area (Å²) >= 11 is 0. The molecule has 2 aromatic carbocycles. The van der Waals surface area contributed by atoms with Gasteiger partial charge in [-0.15, -0.1) is 0 Å². The molecule has 1 unspecified atom stereocenters. The number of aliphatic hydroxyl groups is 1. The maximum atomic E-state index is 13.0. The van der Waals surface area contributed by atoms with Crippen molar-refractivity contribution in [1.29, 1.82) is 0 Å². The summed E-state index contributed by atoms with van der Waals surface area (Å²) in [5.74, 6) is 1.01. The molecule has 2 heterocycles. The lowest BCUT2D eigenvalue weighted by Gasteiger charge is -2.57. The molecule has 0 aromatic heterocycles. The fraction of sp³-hybridized carbons (Fsp3) is 0.435. The summed E-state index contributed by atoms with van der Waals surface area (Å²) in [4.78, 5) is 17.3. The maximum Gasteiger partial charge on any atom is 0.321 e. The smallest absolute Gasteiger partial charge is 0.321 e. The second kappa shape index (κ2) is 8.84. The minimum absolute atomic E-state index is 0.0729. The molecule has 2 aromatic rings. The monoisotopic (exact) mass is 395 g/mol. The number of rotatable bonds is 4. The van der Waals surface area contributed by atoms with Crippen LogP contribution < -0.4 is 10.1 Å². The van der Waals surface area contributed by atoms with Crippen molar-refractivity contribution in [2.45, 2.75) is 30.8 Å². The minimum Gasteiger partial charge on any atom is -0.497 e.